The molecule has 0 radical (unpaired) electrons. The van der Waals surface area contributed by atoms with Crippen LogP contribution in [-0.2, 0) is 0 Å². The molecule has 4 atom stereocenters. The lowest BCUT2D eigenvalue weighted by atomic mass is 9.65. The number of halogens is 1. The third-order valence-electron chi connectivity index (χ3n) is 8.43. The Morgan fingerprint density at radius 1 is 0.686 bits per heavy atom. The first kappa shape index (κ1) is 22.4. The highest BCUT2D eigenvalue weighted by atomic mass is 35.5. The van der Waals surface area contributed by atoms with Crippen molar-refractivity contribution in [3.05, 3.63) is 130 Å². The molecule has 2 aliphatic carbocycles. The Kier molecular flexibility index (Phi) is 5.27. The normalized spacial score (nSPS) is 20.1. The maximum Gasteiger partial charge on any atom is 0.0542 e. The van der Waals surface area contributed by atoms with E-state index in [9.17, 15) is 0 Å². The van der Waals surface area contributed by atoms with Gasteiger partial charge >= 0.3 is 0 Å². The molecule has 0 saturated heterocycles. The Balaban J connectivity index is 1.60. The monoisotopic (exact) mass is 474 g/mol. The third kappa shape index (κ3) is 3.13. The molecule has 0 saturated carbocycles. The van der Waals surface area contributed by atoms with E-state index in [1.807, 2.05) is 0 Å². The van der Waals surface area contributed by atoms with Crippen LogP contribution in [0.2, 0.25) is 0 Å². The minimum Gasteiger partial charge on any atom is -0.121 e. The molecule has 0 N–H and O–H groups in total. The molecule has 35 heavy (non-hydrogen) atoms. The first-order valence-electron chi connectivity index (χ1n) is 12.6. The lowest BCUT2D eigenvalue weighted by molar-refractivity contribution is 0.338. The van der Waals surface area contributed by atoms with Gasteiger partial charge in [0.25, 0.3) is 0 Å². The van der Waals surface area contributed by atoms with Crippen LogP contribution in [0.1, 0.15) is 59.1 Å². The first-order valence-corrected chi connectivity index (χ1v) is 13.1. The van der Waals surface area contributed by atoms with Crippen LogP contribution < -0.4 is 0 Å². The second-order valence-corrected chi connectivity index (χ2v) is 10.9. The fourth-order valence-electron chi connectivity index (χ4n) is 6.96. The van der Waals surface area contributed by atoms with E-state index in [0.717, 1.165) is 0 Å². The SMILES string of the molecule is CC=CC(C)(C1c2ccccc2-c2cccc(C)c21)C(Cl)C1c2ccccc2-c2cccc(C)c21. The summed E-state index contributed by atoms with van der Waals surface area (Å²) in [5.74, 6) is 0.319. The molecule has 0 spiro atoms. The molecule has 0 bridgehead atoms. The summed E-state index contributed by atoms with van der Waals surface area (Å²) in [6.45, 7) is 9.00. The molecule has 0 aromatic heterocycles. The van der Waals surface area contributed by atoms with Gasteiger partial charge < -0.3 is 0 Å². The summed E-state index contributed by atoms with van der Waals surface area (Å²) in [6.07, 6.45) is 4.58. The topological polar surface area (TPSA) is 0 Å². The van der Waals surface area contributed by atoms with E-state index in [4.69, 9.17) is 11.6 Å². The van der Waals surface area contributed by atoms with Crippen LogP contribution >= 0.6 is 11.6 Å². The number of benzene rings is 4. The molecule has 0 nitrogen and oxygen atoms in total. The zero-order valence-corrected chi connectivity index (χ0v) is 21.6. The van der Waals surface area contributed by atoms with Crippen molar-refractivity contribution in [3.8, 4) is 22.3 Å². The summed E-state index contributed by atoms with van der Waals surface area (Å²) >= 11 is 7.81. The summed E-state index contributed by atoms with van der Waals surface area (Å²) in [5, 5.41) is -0.134. The van der Waals surface area contributed by atoms with Gasteiger partial charge in [0.2, 0.25) is 0 Å². The Labute approximate surface area is 214 Å². The van der Waals surface area contributed by atoms with Crippen LogP contribution in [0.5, 0.6) is 0 Å². The van der Waals surface area contributed by atoms with Gasteiger partial charge in [-0.15, -0.1) is 11.6 Å². The summed E-state index contributed by atoms with van der Waals surface area (Å²) in [5.41, 5.74) is 13.3. The van der Waals surface area contributed by atoms with Crippen molar-refractivity contribution >= 4 is 11.6 Å². The number of aryl methyl sites for hydroxylation is 2. The Bertz CT molecular complexity index is 1480. The smallest absolute Gasteiger partial charge is 0.0542 e. The molecule has 0 amide bonds. The van der Waals surface area contributed by atoms with Crippen LogP contribution in [0, 0.1) is 19.3 Å². The van der Waals surface area contributed by atoms with Gasteiger partial charge in [-0.05, 0) is 76.4 Å². The molecule has 0 aliphatic heterocycles. The molecule has 6 rings (SSSR count). The average molecular weight is 475 g/mol. The molecular formula is C34H31Cl. The second kappa shape index (κ2) is 8.25. The first-order chi connectivity index (χ1) is 17.0. The van der Waals surface area contributed by atoms with Gasteiger partial charge in [-0.25, -0.2) is 0 Å². The minimum atomic E-state index is -0.300. The van der Waals surface area contributed by atoms with Crippen molar-refractivity contribution in [2.24, 2.45) is 5.41 Å². The molecular weight excluding hydrogens is 444 g/mol. The van der Waals surface area contributed by atoms with Crippen molar-refractivity contribution in [1.29, 1.82) is 0 Å². The van der Waals surface area contributed by atoms with Crippen LogP contribution in [0.15, 0.2) is 97.1 Å². The maximum atomic E-state index is 7.81. The summed E-state index contributed by atoms with van der Waals surface area (Å²) in [4.78, 5) is 0. The number of allylic oxidation sites excluding steroid dienone is 2. The molecule has 4 aromatic rings. The molecule has 4 aromatic carbocycles. The van der Waals surface area contributed by atoms with Gasteiger partial charge in [-0.2, -0.15) is 0 Å². The van der Waals surface area contributed by atoms with Crippen molar-refractivity contribution < 1.29 is 0 Å². The maximum absolute atomic E-state index is 7.81. The fourth-order valence-corrected chi connectivity index (χ4v) is 7.42. The highest BCUT2D eigenvalue weighted by Gasteiger charge is 2.50. The highest BCUT2D eigenvalue weighted by molar-refractivity contribution is 6.22. The van der Waals surface area contributed by atoms with E-state index >= 15 is 0 Å². The second-order valence-electron chi connectivity index (χ2n) is 10.4. The minimum absolute atomic E-state index is 0.130. The van der Waals surface area contributed by atoms with Gasteiger partial charge in [-0.1, -0.05) is 104 Å². The van der Waals surface area contributed by atoms with Crippen molar-refractivity contribution in [2.75, 3.05) is 0 Å². The highest BCUT2D eigenvalue weighted by Crippen LogP contribution is 2.61. The number of fused-ring (bicyclic) bond motifs is 6. The zero-order valence-electron chi connectivity index (χ0n) is 20.8. The molecule has 174 valence electrons. The van der Waals surface area contributed by atoms with Gasteiger partial charge in [0.15, 0.2) is 0 Å². The van der Waals surface area contributed by atoms with Gasteiger partial charge in [-0.3, -0.25) is 0 Å². The zero-order chi connectivity index (χ0) is 24.3. The van der Waals surface area contributed by atoms with Crippen LogP contribution in [0.4, 0.5) is 0 Å². The van der Waals surface area contributed by atoms with E-state index in [0.29, 0.717) is 0 Å². The number of rotatable bonds is 4. The molecule has 2 aliphatic rings. The van der Waals surface area contributed by atoms with Gasteiger partial charge in [0.05, 0.1) is 5.38 Å². The molecule has 0 heterocycles. The summed E-state index contributed by atoms with van der Waals surface area (Å²) in [7, 11) is 0. The predicted octanol–water partition coefficient (Wildman–Crippen LogP) is 9.42. The van der Waals surface area contributed by atoms with Crippen molar-refractivity contribution in [1.82, 2.24) is 0 Å². The van der Waals surface area contributed by atoms with Crippen LogP contribution in [0.3, 0.4) is 0 Å². The third-order valence-corrected chi connectivity index (χ3v) is 9.15. The number of hydrogen-bond donors (Lipinski definition) is 0. The summed E-state index contributed by atoms with van der Waals surface area (Å²) < 4.78 is 0. The van der Waals surface area contributed by atoms with E-state index in [1.165, 1.54) is 55.6 Å². The van der Waals surface area contributed by atoms with Crippen LogP contribution in [-0.4, -0.2) is 5.38 Å². The Hall–Kier alpha value is -3.09. The molecule has 4 unspecified atom stereocenters. The average Bonchev–Trinajstić information content (AvgIpc) is 3.39. The van der Waals surface area contributed by atoms with E-state index in [1.54, 1.807) is 0 Å². The van der Waals surface area contributed by atoms with Gasteiger partial charge in [0, 0.05) is 17.3 Å². The quantitative estimate of drug-likeness (QED) is 0.204. The lowest BCUT2D eigenvalue weighted by Crippen LogP contribution is -2.37. The Morgan fingerprint density at radius 3 is 1.86 bits per heavy atom. The molecule has 0 fully saturated rings. The summed E-state index contributed by atoms with van der Waals surface area (Å²) in [6, 6.07) is 31.2. The van der Waals surface area contributed by atoms with E-state index in [-0.39, 0.29) is 22.6 Å². The largest absolute Gasteiger partial charge is 0.121 e. The molecule has 1 heteroatoms. The van der Waals surface area contributed by atoms with Crippen LogP contribution in [0.25, 0.3) is 22.3 Å². The van der Waals surface area contributed by atoms with E-state index in [2.05, 4.69) is 125 Å². The Morgan fingerprint density at radius 2 is 1.20 bits per heavy atom. The standard InChI is InChI=1S/C34H31Cl/c1-5-20-34(4,32-28-17-9-7-15-24(28)26-19-11-13-22(3)30(26)32)33(35)31-27-16-8-6-14-23(27)25-18-10-12-21(2)29(25)31/h5-20,31-33H,1-4H3. The van der Waals surface area contributed by atoms with Crippen molar-refractivity contribution in [2.45, 2.75) is 44.9 Å². The predicted molar refractivity (Wildman–Crippen MR) is 149 cm³/mol. The number of hydrogen-bond acceptors (Lipinski definition) is 0. The lowest BCUT2D eigenvalue weighted by Gasteiger charge is -2.42. The fraction of sp³-hybridized carbons (Fsp3) is 0.235. The van der Waals surface area contributed by atoms with Crippen molar-refractivity contribution in [3.63, 3.8) is 0 Å². The van der Waals surface area contributed by atoms with Gasteiger partial charge in [0.1, 0.15) is 0 Å². The van der Waals surface area contributed by atoms with E-state index < -0.39 is 0 Å². The number of alkyl halides is 1.